The highest BCUT2D eigenvalue weighted by atomic mass is 79.9. The smallest absolute Gasteiger partial charge is 0.0492 e. The molecule has 1 aromatic carbocycles. The largest absolute Gasteiger partial charge is 0.324 e. The molecule has 5 heteroatoms. The lowest BCUT2D eigenvalue weighted by Crippen LogP contribution is -2.13. The van der Waals surface area contributed by atoms with E-state index in [9.17, 15) is 0 Å². The van der Waals surface area contributed by atoms with Gasteiger partial charge in [0.25, 0.3) is 0 Å². The second kappa shape index (κ2) is 5.87. The minimum atomic E-state index is -0.00783. The van der Waals surface area contributed by atoms with Crippen LogP contribution in [0.4, 0.5) is 0 Å². The lowest BCUT2D eigenvalue weighted by Gasteiger charge is -2.14. The molecule has 0 saturated carbocycles. The summed E-state index contributed by atoms with van der Waals surface area (Å²) >= 11 is 9.42. The Bertz CT molecular complexity index is 539. The minimum absolute atomic E-state index is 0.00783. The van der Waals surface area contributed by atoms with Crippen molar-refractivity contribution in [3.8, 4) is 0 Å². The number of aromatic nitrogens is 2. The first kappa shape index (κ1) is 13.6. The van der Waals surface area contributed by atoms with E-state index in [0.29, 0.717) is 5.02 Å². The Balaban J connectivity index is 2.03. The average Bonchev–Trinajstić information content (AvgIpc) is 2.72. The van der Waals surface area contributed by atoms with Crippen molar-refractivity contribution in [2.45, 2.75) is 18.9 Å². The zero-order chi connectivity index (χ0) is 13.1. The summed E-state index contributed by atoms with van der Waals surface area (Å²) in [7, 11) is 1.94. The van der Waals surface area contributed by atoms with E-state index in [2.05, 4.69) is 21.0 Å². The van der Waals surface area contributed by atoms with E-state index in [1.165, 1.54) is 5.69 Å². The van der Waals surface area contributed by atoms with Gasteiger partial charge in [-0.15, -0.1) is 0 Å². The monoisotopic (exact) mass is 327 g/mol. The van der Waals surface area contributed by atoms with Gasteiger partial charge in [-0.2, -0.15) is 5.10 Å². The van der Waals surface area contributed by atoms with Crippen LogP contribution in [0.1, 0.15) is 23.7 Å². The maximum absolute atomic E-state index is 6.21. The molecule has 2 rings (SSSR count). The van der Waals surface area contributed by atoms with Gasteiger partial charge in [0, 0.05) is 34.5 Å². The topological polar surface area (TPSA) is 43.8 Å². The molecule has 2 aromatic rings. The highest BCUT2D eigenvalue weighted by Crippen LogP contribution is 2.27. The van der Waals surface area contributed by atoms with Crippen molar-refractivity contribution in [2.24, 2.45) is 12.8 Å². The normalized spacial score (nSPS) is 12.7. The van der Waals surface area contributed by atoms with Gasteiger partial charge in [0.2, 0.25) is 0 Å². The first-order valence-electron chi connectivity index (χ1n) is 5.75. The van der Waals surface area contributed by atoms with Gasteiger partial charge in [0.15, 0.2) is 0 Å². The second-order valence-corrected chi connectivity index (χ2v) is 5.55. The minimum Gasteiger partial charge on any atom is -0.324 e. The molecule has 2 N–H and O–H groups in total. The van der Waals surface area contributed by atoms with Gasteiger partial charge < -0.3 is 5.73 Å². The van der Waals surface area contributed by atoms with E-state index < -0.39 is 0 Å². The summed E-state index contributed by atoms with van der Waals surface area (Å²) in [6.07, 6.45) is 3.59. The molecule has 0 fully saturated rings. The maximum atomic E-state index is 6.21. The zero-order valence-corrected chi connectivity index (χ0v) is 12.4. The van der Waals surface area contributed by atoms with Crippen molar-refractivity contribution in [3.63, 3.8) is 0 Å². The van der Waals surface area contributed by atoms with E-state index in [-0.39, 0.29) is 6.04 Å². The van der Waals surface area contributed by atoms with Crippen LogP contribution in [0.25, 0.3) is 0 Å². The van der Waals surface area contributed by atoms with E-state index in [1.54, 1.807) is 6.20 Å². The van der Waals surface area contributed by atoms with E-state index in [1.807, 2.05) is 36.0 Å². The Morgan fingerprint density at radius 2 is 2.22 bits per heavy atom. The maximum Gasteiger partial charge on any atom is 0.0492 e. The van der Waals surface area contributed by atoms with Gasteiger partial charge in [-0.25, -0.2) is 0 Å². The number of nitrogens with two attached hydrogens (primary N) is 1. The fourth-order valence-electron chi connectivity index (χ4n) is 1.91. The molecule has 18 heavy (non-hydrogen) atoms. The van der Waals surface area contributed by atoms with E-state index >= 15 is 0 Å². The predicted octanol–water partition coefficient (Wildman–Crippen LogP) is 3.47. The number of halogens is 2. The second-order valence-electron chi connectivity index (χ2n) is 4.26. The first-order valence-corrected chi connectivity index (χ1v) is 6.92. The molecule has 0 amide bonds. The standard InChI is InChI=1S/C13H15BrClN3/c1-18-10(6-7-17-18)3-5-13(16)11-4-2-9(15)8-12(11)14/h2,4,6-8,13H,3,5,16H2,1H3. The van der Waals surface area contributed by atoms with Crippen LogP contribution >= 0.6 is 27.5 Å². The molecular formula is C13H15BrClN3. The number of nitrogens with zero attached hydrogens (tertiary/aromatic N) is 2. The molecule has 0 radical (unpaired) electrons. The van der Waals surface area contributed by atoms with Crippen molar-refractivity contribution < 1.29 is 0 Å². The van der Waals surface area contributed by atoms with Gasteiger partial charge in [0.05, 0.1) is 0 Å². The molecular weight excluding hydrogens is 314 g/mol. The third kappa shape index (κ3) is 3.13. The highest BCUT2D eigenvalue weighted by molar-refractivity contribution is 9.10. The van der Waals surface area contributed by atoms with Crippen LogP contribution in [0.3, 0.4) is 0 Å². The van der Waals surface area contributed by atoms with Gasteiger partial charge in [0.1, 0.15) is 0 Å². The fraction of sp³-hybridized carbons (Fsp3) is 0.308. The lowest BCUT2D eigenvalue weighted by atomic mass is 10.0. The van der Waals surface area contributed by atoms with Crippen LogP contribution < -0.4 is 5.73 Å². The predicted molar refractivity (Wildman–Crippen MR) is 77.6 cm³/mol. The fourth-order valence-corrected chi connectivity index (χ4v) is 2.88. The van der Waals surface area contributed by atoms with Crippen LogP contribution in [0, 0.1) is 0 Å². The average molecular weight is 329 g/mol. The molecule has 1 unspecified atom stereocenters. The summed E-state index contributed by atoms with van der Waals surface area (Å²) < 4.78 is 2.84. The van der Waals surface area contributed by atoms with Crippen LogP contribution in [0.5, 0.6) is 0 Å². The highest BCUT2D eigenvalue weighted by Gasteiger charge is 2.11. The molecule has 0 bridgehead atoms. The summed E-state index contributed by atoms with van der Waals surface area (Å²) in [6, 6.07) is 7.72. The Hall–Kier alpha value is -0.840. The molecule has 0 saturated heterocycles. The summed E-state index contributed by atoms with van der Waals surface area (Å²) in [5.74, 6) is 0. The molecule has 0 aliphatic carbocycles. The van der Waals surface area contributed by atoms with Gasteiger partial charge >= 0.3 is 0 Å². The van der Waals surface area contributed by atoms with E-state index in [4.69, 9.17) is 17.3 Å². The van der Waals surface area contributed by atoms with Crippen molar-refractivity contribution in [3.05, 3.63) is 51.2 Å². The van der Waals surface area contributed by atoms with Crippen molar-refractivity contribution in [1.29, 1.82) is 0 Å². The van der Waals surface area contributed by atoms with Gasteiger partial charge in [-0.1, -0.05) is 33.6 Å². The van der Waals surface area contributed by atoms with E-state index in [0.717, 1.165) is 22.9 Å². The first-order chi connectivity index (χ1) is 8.58. The van der Waals surface area contributed by atoms with Crippen LogP contribution in [0.15, 0.2) is 34.9 Å². The van der Waals surface area contributed by atoms with Crippen LogP contribution in [-0.2, 0) is 13.5 Å². The summed E-state index contributed by atoms with van der Waals surface area (Å²) in [5, 5.41) is 4.86. The van der Waals surface area contributed by atoms with Gasteiger partial charge in [-0.05, 0) is 36.6 Å². The summed E-state index contributed by atoms with van der Waals surface area (Å²) in [4.78, 5) is 0. The van der Waals surface area contributed by atoms with Crippen molar-refractivity contribution in [1.82, 2.24) is 9.78 Å². The molecule has 0 spiro atoms. The van der Waals surface area contributed by atoms with Gasteiger partial charge in [-0.3, -0.25) is 4.68 Å². The quantitative estimate of drug-likeness (QED) is 0.934. The molecule has 1 atom stereocenters. The number of aryl methyl sites for hydroxylation is 2. The molecule has 1 heterocycles. The summed E-state index contributed by atoms with van der Waals surface area (Å²) in [6.45, 7) is 0. The number of rotatable bonds is 4. The van der Waals surface area contributed by atoms with Crippen molar-refractivity contribution in [2.75, 3.05) is 0 Å². The SMILES string of the molecule is Cn1nccc1CCC(N)c1ccc(Cl)cc1Br. The number of benzene rings is 1. The molecule has 96 valence electrons. The molecule has 1 aromatic heterocycles. The third-order valence-corrected chi connectivity index (χ3v) is 3.92. The molecule has 0 aliphatic rings. The Morgan fingerprint density at radius 1 is 1.44 bits per heavy atom. The molecule has 0 aliphatic heterocycles. The van der Waals surface area contributed by atoms with Crippen LogP contribution in [0.2, 0.25) is 5.02 Å². The van der Waals surface area contributed by atoms with Crippen LogP contribution in [-0.4, -0.2) is 9.78 Å². The third-order valence-electron chi connectivity index (χ3n) is 3.00. The lowest BCUT2D eigenvalue weighted by molar-refractivity contribution is 0.612. The Labute approximate surface area is 120 Å². The number of hydrogen-bond donors (Lipinski definition) is 1. The Morgan fingerprint density at radius 3 is 2.83 bits per heavy atom. The Kier molecular flexibility index (Phi) is 4.43. The summed E-state index contributed by atoms with van der Waals surface area (Å²) in [5.41, 5.74) is 8.48. The zero-order valence-electron chi connectivity index (χ0n) is 10.1. The number of hydrogen-bond acceptors (Lipinski definition) is 2. The molecule has 3 nitrogen and oxygen atoms in total. The van der Waals surface area contributed by atoms with Crippen molar-refractivity contribution >= 4 is 27.5 Å².